The molecule has 0 aromatic heterocycles. The molecule has 0 heterocycles. The Bertz CT molecular complexity index is 345. The molecular weight excluding hydrogens is 212 g/mol. The molecule has 3 N–H and O–H groups in total. The lowest BCUT2D eigenvalue weighted by atomic mass is 10.1. The molecule has 0 spiro atoms. The minimum atomic E-state index is -1.24. The number of hydrogen-bond donors (Lipinski definition) is 3. The van der Waals surface area contributed by atoms with Crippen LogP contribution in [0.25, 0.3) is 0 Å². The first-order valence-corrected chi connectivity index (χ1v) is 4.91. The van der Waals surface area contributed by atoms with Crippen molar-refractivity contribution in [3.63, 3.8) is 0 Å². The molecule has 1 aliphatic carbocycles. The van der Waals surface area contributed by atoms with E-state index in [9.17, 15) is 14.4 Å². The quantitative estimate of drug-likeness (QED) is 0.599. The maximum absolute atomic E-state index is 11.1. The summed E-state index contributed by atoms with van der Waals surface area (Å²) in [5.41, 5.74) is 0.164. The number of nitrogens with one attached hydrogen (secondary N) is 2. The Labute approximate surface area is 92.7 Å². The highest BCUT2D eigenvalue weighted by Gasteiger charge is 2.37. The topological polar surface area (TPSA) is 95.5 Å². The van der Waals surface area contributed by atoms with Crippen molar-refractivity contribution in [2.24, 2.45) is 5.41 Å². The second kappa shape index (κ2) is 4.78. The molecule has 16 heavy (non-hydrogen) atoms. The number of carboxylic acids is 1. The first-order valence-electron chi connectivity index (χ1n) is 4.91. The van der Waals surface area contributed by atoms with Gasteiger partial charge >= 0.3 is 12.0 Å². The van der Waals surface area contributed by atoms with Gasteiger partial charge in [-0.15, -0.1) is 0 Å². The lowest BCUT2D eigenvalue weighted by Crippen LogP contribution is -2.40. The predicted octanol–water partition coefficient (Wildman–Crippen LogP) is 0.253. The van der Waals surface area contributed by atoms with Crippen LogP contribution in [0.4, 0.5) is 4.79 Å². The summed E-state index contributed by atoms with van der Waals surface area (Å²) in [6, 6.07) is -0.604. The molecule has 1 aliphatic rings. The van der Waals surface area contributed by atoms with E-state index in [1.54, 1.807) is 0 Å². The van der Waals surface area contributed by atoms with Crippen molar-refractivity contribution in [2.45, 2.75) is 19.8 Å². The van der Waals surface area contributed by atoms with E-state index in [2.05, 4.69) is 5.32 Å². The fraction of sp³-hybridized carbons (Fsp3) is 0.500. The fourth-order valence-corrected chi connectivity index (χ4v) is 1.03. The summed E-state index contributed by atoms with van der Waals surface area (Å²) in [5, 5.41) is 12.8. The molecule has 6 nitrogen and oxygen atoms in total. The van der Waals surface area contributed by atoms with Gasteiger partial charge in [0, 0.05) is 18.7 Å². The van der Waals surface area contributed by atoms with E-state index in [0.29, 0.717) is 12.6 Å². The highest BCUT2D eigenvalue weighted by atomic mass is 16.4. The summed E-state index contributed by atoms with van der Waals surface area (Å²) in [5.74, 6) is -1.98. The highest BCUT2D eigenvalue weighted by molar-refractivity contribution is 6.02. The van der Waals surface area contributed by atoms with E-state index in [-0.39, 0.29) is 5.41 Å². The first kappa shape index (κ1) is 12.2. The van der Waals surface area contributed by atoms with Gasteiger partial charge in [-0.1, -0.05) is 6.92 Å². The Kier molecular flexibility index (Phi) is 3.65. The summed E-state index contributed by atoms with van der Waals surface area (Å²) < 4.78 is 0. The molecule has 0 bridgehead atoms. The molecule has 1 fully saturated rings. The number of carbonyl (C=O) groups is 3. The van der Waals surface area contributed by atoms with Crippen LogP contribution in [0.2, 0.25) is 0 Å². The molecule has 0 atom stereocenters. The van der Waals surface area contributed by atoms with Crippen molar-refractivity contribution in [1.29, 1.82) is 0 Å². The Morgan fingerprint density at radius 2 is 1.94 bits per heavy atom. The third-order valence-corrected chi connectivity index (χ3v) is 2.39. The van der Waals surface area contributed by atoms with Gasteiger partial charge < -0.3 is 10.4 Å². The van der Waals surface area contributed by atoms with Crippen molar-refractivity contribution < 1.29 is 19.5 Å². The molecular formula is C10H14N2O4. The van der Waals surface area contributed by atoms with Crippen LogP contribution in [0.15, 0.2) is 12.2 Å². The molecule has 0 unspecified atom stereocenters. The van der Waals surface area contributed by atoms with Crippen LogP contribution < -0.4 is 10.6 Å². The molecule has 1 saturated carbocycles. The number of urea groups is 1. The summed E-state index contributed by atoms with van der Waals surface area (Å²) in [4.78, 5) is 32.2. The van der Waals surface area contributed by atoms with Crippen LogP contribution in [0.1, 0.15) is 19.8 Å². The van der Waals surface area contributed by atoms with Gasteiger partial charge in [-0.05, 0) is 18.3 Å². The van der Waals surface area contributed by atoms with Crippen LogP contribution in [0.5, 0.6) is 0 Å². The zero-order valence-electron chi connectivity index (χ0n) is 8.95. The molecule has 0 aromatic rings. The van der Waals surface area contributed by atoms with Crippen LogP contribution in [-0.4, -0.2) is 29.6 Å². The smallest absolute Gasteiger partial charge is 0.328 e. The predicted molar refractivity (Wildman–Crippen MR) is 55.7 cm³/mol. The molecule has 0 aliphatic heterocycles. The van der Waals surface area contributed by atoms with Crippen LogP contribution in [-0.2, 0) is 9.59 Å². The number of carbonyl (C=O) groups excluding carboxylic acids is 2. The van der Waals surface area contributed by atoms with E-state index in [1.807, 2.05) is 12.2 Å². The lowest BCUT2D eigenvalue weighted by Gasteiger charge is -2.09. The first-order chi connectivity index (χ1) is 7.41. The van der Waals surface area contributed by atoms with E-state index in [1.165, 1.54) is 0 Å². The minimum Gasteiger partial charge on any atom is -0.478 e. The van der Waals surface area contributed by atoms with E-state index in [0.717, 1.165) is 18.9 Å². The lowest BCUT2D eigenvalue weighted by molar-refractivity contribution is -0.131. The molecule has 3 amide bonds. The van der Waals surface area contributed by atoms with Crippen molar-refractivity contribution in [2.75, 3.05) is 6.54 Å². The molecule has 0 aromatic carbocycles. The normalized spacial score (nSPS) is 16.8. The summed E-state index contributed by atoms with van der Waals surface area (Å²) >= 11 is 0. The van der Waals surface area contributed by atoms with Crippen LogP contribution in [0.3, 0.4) is 0 Å². The Hall–Kier alpha value is -1.85. The van der Waals surface area contributed by atoms with Crippen LogP contribution in [0, 0.1) is 5.41 Å². The molecule has 6 heteroatoms. The van der Waals surface area contributed by atoms with Gasteiger partial charge in [0.05, 0.1) is 0 Å². The maximum Gasteiger partial charge on any atom is 0.328 e. The number of imide groups is 1. The molecule has 1 rings (SSSR count). The fourth-order valence-electron chi connectivity index (χ4n) is 1.03. The third-order valence-electron chi connectivity index (χ3n) is 2.39. The van der Waals surface area contributed by atoms with Gasteiger partial charge in [0.1, 0.15) is 0 Å². The van der Waals surface area contributed by atoms with Gasteiger partial charge in [0.15, 0.2) is 0 Å². The van der Waals surface area contributed by atoms with Gasteiger partial charge in [0.2, 0.25) is 0 Å². The summed E-state index contributed by atoms with van der Waals surface area (Å²) in [6.07, 6.45) is 3.60. The number of carboxylic acid groups (broad SMARTS) is 1. The zero-order chi connectivity index (χ0) is 12.2. The van der Waals surface area contributed by atoms with Crippen molar-refractivity contribution in [3.05, 3.63) is 12.2 Å². The third kappa shape index (κ3) is 4.59. The summed E-state index contributed by atoms with van der Waals surface area (Å²) in [6.45, 7) is 2.56. The largest absolute Gasteiger partial charge is 0.478 e. The standard InChI is InChI=1S/C10H14N2O4/c1-10(4-5-10)6-11-9(16)12-7(13)2-3-8(14)15/h2-3H,4-6H2,1H3,(H,14,15)(H2,11,12,13,16)/b3-2+. The van der Waals surface area contributed by atoms with Gasteiger partial charge in [-0.3, -0.25) is 10.1 Å². The van der Waals surface area contributed by atoms with Crippen LogP contribution >= 0.6 is 0 Å². The van der Waals surface area contributed by atoms with Crippen molar-refractivity contribution in [1.82, 2.24) is 10.6 Å². The second-order valence-corrected chi connectivity index (χ2v) is 4.15. The number of amides is 3. The SMILES string of the molecule is CC1(CNC(=O)NC(=O)/C=C/C(=O)O)CC1. The van der Waals surface area contributed by atoms with Crippen molar-refractivity contribution in [3.8, 4) is 0 Å². The van der Waals surface area contributed by atoms with Gasteiger partial charge in [-0.2, -0.15) is 0 Å². The maximum atomic E-state index is 11.1. The van der Waals surface area contributed by atoms with E-state index >= 15 is 0 Å². The Morgan fingerprint density at radius 3 is 2.44 bits per heavy atom. The number of rotatable bonds is 4. The van der Waals surface area contributed by atoms with E-state index in [4.69, 9.17) is 5.11 Å². The second-order valence-electron chi connectivity index (χ2n) is 4.15. The highest BCUT2D eigenvalue weighted by Crippen LogP contribution is 2.43. The minimum absolute atomic E-state index is 0.164. The Balaban J connectivity index is 2.22. The zero-order valence-corrected chi connectivity index (χ0v) is 8.95. The summed E-state index contributed by atoms with van der Waals surface area (Å²) in [7, 11) is 0. The average Bonchev–Trinajstić information content (AvgIpc) is 2.91. The van der Waals surface area contributed by atoms with Gasteiger partial charge in [0.25, 0.3) is 5.91 Å². The Morgan fingerprint density at radius 1 is 1.31 bits per heavy atom. The molecule has 0 radical (unpaired) electrons. The number of aliphatic carboxylic acids is 1. The molecule has 0 saturated heterocycles. The van der Waals surface area contributed by atoms with E-state index < -0.39 is 17.9 Å². The average molecular weight is 226 g/mol. The van der Waals surface area contributed by atoms with Crippen molar-refractivity contribution >= 4 is 17.9 Å². The molecule has 88 valence electrons. The monoisotopic (exact) mass is 226 g/mol. The number of hydrogen-bond acceptors (Lipinski definition) is 3. The van der Waals surface area contributed by atoms with Gasteiger partial charge in [-0.25, -0.2) is 9.59 Å².